The summed E-state index contributed by atoms with van der Waals surface area (Å²) in [6, 6.07) is 10.0. The van der Waals surface area contributed by atoms with Crippen molar-refractivity contribution in [1.82, 2.24) is 10.3 Å². The zero-order chi connectivity index (χ0) is 19.1. The van der Waals surface area contributed by atoms with E-state index in [4.69, 9.17) is 20.7 Å². The van der Waals surface area contributed by atoms with Crippen molar-refractivity contribution in [1.29, 1.82) is 0 Å². The van der Waals surface area contributed by atoms with Crippen molar-refractivity contribution in [2.24, 2.45) is 0 Å². The topological polar surface area (TPSA) is 152 Å². The fraction of sp³-hybridized carbons (Fsp3) is 0.176. The van der Waals surface area contributed by atoms with Gasteiger partial charge in [0.15, 0.2) is 0 Å². The van der Waals surface area contributed by atoms with E-state index >= 15 is 0 Å². The lowest BCUT2D eigenvalue weighted by atomic mass is 10.1. The molecule has 0 unspecified atom stereocenters. The number of ether oxygens (including phenoxy) is 1. The number of nitrogens with zero attached hydrogens (tertiary/aromatic N) is 1. The summed E-state index contributed by atoms with van der Waals surface area (Å²) in [7, 11) is 0. The van der Waals surface area contributed by atoms with Crippen LogP contribution in [-0.2, 0) is 9.59 Å². The number of benzene rings is 1. The number of rotatable bonds is 8. The van der Waals surface area contributed by atoms with Crippen LogP contribution in [0.3, 0.4) is 0 Å². The molecule has 1 atom stereocenters. The Kier molecular flexibility index (Phi) is 6.10. The van der Waals surface area contributed by atoms with E-state index in [1.54, 1.807) is 30.3 Å². The van der Waals surface area contributed by atoms with Gasteiger partial charge in [0.2, 0.25) is 5.88 Å². The molecule has 1 aromatic heterocycles. The average Bonchev–Trinajstić information content (AvgIpc) is 2.60. The first-order chi connectivity index (χ1) is 12.4. The molecule has 0 saturated carbocycles. The first kappa shape index (κ1) is 18.7. The Labute approximate surface area is 148 Å². The van der Waals surface area contributed by atoms with Crippen LogP contribution in [0.15, 0.2) is 42.5 Å². The number of hydrogen-bond donors (Lipinski definition) is 4. The van der Waals surface area contributed by atoms with E-state index in [1.165, 1.54) is 12.1 Å². The van der Waals surface area contributed by atoms with Crippen LogP contribution in [0.25, 0.3) is 0 Å². The zero-order valence-electron chi connectivity index (χ0n) is 13.6. The summed E-state index contributed by atoms with van der Waals surface area (Å²) < 4.78 is 5.52. The van der Waals surface area contributed by atoms with Crippen LogP contribution in [-0.4, -0.2) is 39.1 Å². The number of carboxylic acids is 2. The smallest absolute Gasteiger partial charge is 0.326 e. The largest absolute Gasteiger partial charge is 0.481 e. The van der Waals surface area contributed by atoms with Crippen molar-refractivity contribution in [2.75, 3.05) is 5.73 Å². The lowest BCUT2D eigenvalue weighted by Gasteiger charge is -2.14. The van der Waals surface area contributed by atoms with E-state index in [1.807, 2.05) is 0 Å². The molecule has 0 bridgehead atoms. The van der Waals surface area contributed by atoms with Crippen molar-refractivity contribution in [2.45, 2.75) is 18.9 Å². The molecule has 2 rings (SSSR count). The van der Waals surface area contributed by atoms with Crippen molar-refractivity contribution < 1.29 is 29.3 Å². The van der Waals surface area contributed by atoms with Gasteiger partial charge < -0.3 is 26.0 Å². The maximum atomic E-state index is 12.2. The van der Waals surface area contributed by atoms with E-state index in [9.17, 15) is 14.4 Å². The minimum absolute atomic E-state index is 0.00117. The van der Waals surface area contributed by atoms with Gasteiger partial charge in [0.1, 0.15) is 17.5 Å². The molecule has 0 aliphatic carbocycles. The van der Waals surface area contributed by atoms with Crippen LogP contribution in [0.1, 0.15) is 23.3 Å². The minimum atomic E-state index is -1.35. The highest BCUT2D eigenvalue weighted by molar-refractivity contribution is 5.95. The van der Waals surface area contributed by atoms with Crippen molar-refractivity contribution in [3.63, 3.8) is 0 Å². The number of carboxylic acid groups (broad SMARTS) is 2. The number of pyridine rings is 1. The number of para-hydroxylation sites is 1. The van der Waals surface area contributed by atoms with Crippen LogP contribution in [0, 0.1) is 0 Å². The van der Waals surface area contributed by atoms with Gasteiger partial charge in [-0.05, 0) is 30.7 Å². The Bertz CT molecular complexity index is 809. The number of hydrogen-bond acceptors (Lipinski definition) is 6. The van der Waals surface area contributed by atoms with E-state index in [0.717, 1.165) is 0 Å². The monoisotopic (exact) mass is 359 g/mol. The molecule has 9 nitrogen and oxygen atoms in total. The molecular formula is C17H17N3O6. The molecule has 5 N–H and O–H groups in total. The molecule has 0 radical (unpaired) electrons. The number of aliphatic carboxylic acids is 2. The van der Waals surface area contributed by atoms with Gasteiger partial charge in [-0.2, -0.15) is 0 Å². The third-order valence-corrected chi connectivity index (χ3v) is 3.33. The first-order valence-electron chi connectivity index (χ1n) is 7.61. The third kappa shape index (κ3) is 5.20. The number of amides is 1. The molecule has 26 heavy (non-hydrogen) atoms. The maximum Gasteiger partial charge on any atom is 0.326 e. The van der Waals surface area contributed by atoms with E-state index < -0.39 is 30.3 Å². The van der Waals surface area contributed by atoms with Gasteiger partial charge in [-0.15, -0.1) is 0 Å². The summed E-state index contributed by atoms with van der Waals surface area (Å²) in [4.78, 5) is 38.0. The second-order valence-electron chi connectivity index (χ2n) is 5.30. The number of anilines is 1. The lowest BCUT2D eigenvalue weighted by molar-refractivity contribution is -0.140. The fourth-order valence-corrected chi connectivity index (χ4v) is 2.02. The van der Waals surface area contributed by atoms with Gasteiger partial charge in [-0.25, -0.2) is 9.78 Å². The van der Waals surface area contributed by atoms with Crippen LogP contribution < -0.4 is 15.8 Å². The highest BCUT2D eigenvalue weighted by Crippen LogP contribution is 2.25. The van der Waals surface area contributed by atoms with Gasteiger partial charge in [-0.3, -0.25) is 9.59 Å². The maximum absolute atomic E-state index is 12.2. The second-order valence-corrected chi connectivity index (χ2v) is 5.30. The van der Waals surface area contributed by atoms with Crippen molar-refractivity contribution in [3.8, 4) is 11.6 Å². The van der Waals surface area contributed by atoms with Crippen molar-refractivity contribution in [3.05, 3.63) is 48.2 Å². The third-order valence-electron chi connectivity index (χ3n) is 3.33. The van der Waals surface area contributed by atoms with Gasteiger partial charge in [0, 0.05) is 6.42 Å². The Hall–Kier alpha value is -3.62. The van der Waals surface area contributed by atoms with E-state index in [-0.39, 0.29) is 23.7 Å². The molecule has 0 fully saturated rings. The van der Waals surface area contributed by atoms with Gasteiger partial charge >= 0.3 is 11.9 Å². The molecule has 0 saturated heterocycles. The summed E-state index contributed by atoms with van der Waals surface area (Å²) in [6.07, 6.45) is -0.645. The number of nitrogens with two attached hydrogens (primary N) is 1. The average molecular weight is 359 g/mol. The molecule has 9 heteroatoms. The van der Waals surface area contributed by atoms with Crippen LogP contribution in [0.4, 0.5) is 5.69 Å². The molecule has 0 aliphatic rings. The van der Waals surface area contributed by atoms with Crippen LogP contribution in [0.5, 0.6) is 11.6 Å². The normalized spacial score (nSPS) is 11.4. The summed E-state index contributed by atoms with van der Waals surface area (Å²) in [5.41, 5.74) is 5.88. The molecule has 0 aliphatic heterocycles. The number of carbonyl (C=O) groups excluding carboxylic acids is 1. The quantitative estimate of drug-likeness (QED) is 0.553. The summed E-state index contributed by atoms with van der Waals surface area (Å²) >= 11 is 0. The molecule has 1 amide bonds. The van der Waals surface area contributed by atoms with E-state index in [0.29, 0.717) is 5.75 Å². The number of carbonyl (C=O) groups is 3. The second kappa shape index (κ2) is 8.47. The summed E-state index contributed by atoms with van der Waals surface area (Å²) in [5.74, 6) is -2.80. The van der Waals surface area contributed by atoms with Gasteiger partial charge in [-0.1, -0.05) is 18.2 Å². The number of nitrogens with one attached hydrogen (secondary N) is 1. The zero-order valence-corrected chi connectivity index (χ0v) is 13.6. The standard InChI is InChI=1S/C17H17N3O6/c18-11-6-7-12(20-16(11)26-10-4-2-1-3-5-10)15(23)19-13(17(24)25)8-9-14(21)22/h1-7,13H,8-9,18H2,(H,19,23)(H,21,22)(H,24,25)/t13-/m0/s1. The molecule has 136 valence electrons. The fourth-order valence-electron chi connectivity index (χ4n) is 2.02. The summed E-state index contributed by atoms with van der Waals surface area (Å²) in [6.45, 7) is 0. The molecular weight excluding hydrogens is 342 g/mol. The Balaban J connectivity index is 2.14. The molecule has 1 heterocycles. The van der Waals surface area contributed by atoms with Crippen LogP contribution in [0.2, 0.25) is 0 Å². The van der Waals surface area contributed by atoms with Crippen LogP contribution >= 0.6 is 0 Å². The van der Waals surface area contributed by atoms with E-state index in [2.05, 4.69) is 10.3 Å². The van der Waals surface area contributed by atoms with Crippen molar-refractivity contribution >= 4 is 23.5 Å². The highest BCUT2D eigenvalue weighted by atomic mass is 16.5. The predicted octanol–water partition coefficient (Wildman–Crippen LogP) is 1.50. The minimum Gasteiger partial charge on any atom is -0.481 e. The SMILES string of the molecule is Nc1ccc(C(=O)N[C@@H](CCC(=O)O)C(=O)O)nc1Oc1ccccc1. The first-order valence-corrected chi connectivity index (χ1v) is 7.61. The number of aromatic nitrogens is 1. The Morgan fingerprint density at radius 3 is 2.42 bits per heavy atom. The molecule has 1 aromatic carbocycles. The Morgan fingerprint density at radius 1 is 1.12 bits per heavy atom. The Morgan fingerprint density at radius 2 is 1.81 bits per heavy atom. The highest BCUT2D eigenvalue weighted by Gasteiger charge is 2.22. The predicted molar refractivity (Wildman–Crippen MR) is 90.9 cm³/mol. The molecule has 2 aromatic rings. The van der Waals surface area contributed by atoms with Gasteiger partial charge in [0.05, 0.1) is 5.69 Å². The number of nitrogen functional groups attached to an aromatic ring is 1. The lowest BCUT2D eigenvalue weighted by Crippen LogP contribution is -2.41. The molecule has 0 spiro atoms. The van der Waals surface area contributed by atoms with Gasteiger partial charge in [0.25, 0.3) is 5.91 Å². The summed E-state index contributed by atoms with van der Waals surface area (Å²) in [5, 5.41) is 20.0.